The van der Waals surface area contributed by atoms with Gasteiger partial charge in [-0.2, -0.15) is 0 Å². The highest BCUT2D eigenvalue weighted by Crippen LogP contribution is 2.40. The summed E-state index contributed by atoms with van der Waals surface area (Å²) in [7, 11) is 0. The van der Waals surface area contributed by atoms with E-state index in [1.54, 1.807) is 6.92 Å². The summed E-state index contributed by atoms with van der Waals surface area (Å²) in [6.07, 6.45) is 5.06. The van der Waals surface area contributed by atoms with Gasteiger partial charge < -0.3 is 9.80 Å². The molecule has 2 fully saturated rings. The largest absolute Gasteiger partial charge is 0.342 e. The minimum absolute atomic E-state index is 0. The second kappa shape index (κ2) is 6.55. The van der Waals surface area contributed by atoms with Gasteiger partial charge in [0, 0.05) is 26.1 Å². The first-order valence-corrected chi connectivity index (χ1v) is 7.02. The predicted molar refractivity (Wildman–Crippen MR) is 85.3 cm³/mol. The summed E-state index contributed by atoms with van der Waals surface area (Å²) in [5, 5.41) is 0. The van der Waals surface area contributed by atoms with Crippen molar-refractivity contribution in [3.05, 3.63) is 0 Å². The summed E-state index contributed by atoms with van der Waals surface area (Å²) in [6, 6.07) is 0.667. The Kier molecular flexibility index (Phi) is 5.90. The van der Waals surface area contributed by atoms with Gasteiger partial charge in [0.2, 0.25) is 5.91 Å². The lowest BCUT2D eigenvalue weighted by Crippen LogP contribution is -2.51. The molecule has 0 aromatic heterocycles. The standard InChI is InChI=1S/C14H26N2O.HI/c1-12(2)15-9-6-14(7-10-15)5-4-8-16(11-14)13(3)17;/h12H,4-11H2,1-3H3;1H. The number of likely N-dealkylation sites (tertiary alicyclic amines) is 2. The van der Waals surface area contributed by atoms with Gasteiger partial charge in [-0.15, -0.1) is 24.0 Å². The molecular weight excluding hydrogens is 339 g/mol. The molecule has 2 heterocycles. The summed E-state index contributed by atoms with van der Waals surface area (Å²) < 4.78 is 0. The molecule has 18 heavy (non-hydrogen) atoms. The summed E-state index contributed by atoms with van der Waals surface area (Å²) >= 11 is 0. The van der Waals surface area contributed by atoms with Crippen LogP contribution < -0.4 is 0 Å². The Morgan fingerprint density at radius 1 is 1.11 bits per heavy atom. The lowest BCUT2D eigenvalue weighted by molar-refractivity contribution is -0.133. The monoisotopic (exact) mass is 366 g/mol. The first kappa shape index (κ1) is 16.2. The third-order valence-corrected chi connectivity index (χ3v) is 4.70. The molecule has 2 aliphatic heterocycles. The molecule has 0 unspecified atom stereocenters. The lowest BCUT2D eigenvalue weighted by Gasteiger charge is -2.48. The fourth-order valence-electron chi connectivity index (χ4n) is 3.40. The van der Waals surface area contributed by atoms with Crippen molar-refractivity contribution in [2.24, 2.45) is 5.41 Å². The van der Waals surface area contributed by atoms with Crippen molar-refractivity contribution in [2.45, 2.75) is 52.5 Å². The topological polar surface area (TPSA) is 23.6 Å². The molecule has 0 N–H and O–H groups in total. The molecule has 2 aliphatic rings. The van der Waals surface area contributed by atoms with Crippen molar-refractivity contribution < 1.29 is 4.79 Å². The zero-order valence-electron chi connectivity index (χ0n) is 11.9. The number of amides is 1. The maximum Gasteiger partial charge on any atom is 0.219 e. The molecule has 0 aromatic rings. The van der Waals surface area contributed by atoms with Crippen LogP contribution in [0.25, 0.3) is 0 Å². The van der Waals surface area contributed by atoms with Crippen LogP contribution in [0.2, 0.25) is 0 Å². The van der Waals surface area contributed by atoms with Gasteiger partial charge >= 0.3 is 0 Å². The van der Waals surface area contributed by atoms with Crippen LogP contribution in [0.15, 0.2) is 0 Å². The van der Waals surface area contributed by atoms with Gasteiger partial charge in [-0.25, -0.2) is 0 Å². The molecule has 2 rings (SSSR count). The molecule has 1 amide bonds. The van der Waals surface area contributed by atoms with Gasteiger partial charge in [0.25, 0.3) is 0 Å². The molecule has 3 nitrogen and oxygen atoms in total. The van der Waals surface area contributed by atoms with Crippen molar-refractivity contribution in [1.29, 1.82) is 0 Å². The van der Waals surface area contributed by atoms with Gasteiger partial charge in [0.1, 0.15) is 0 Å². The van der Waals surface area contributed by atoms with Gasteiger partial charge in [0.05, 0.1) is 0 Å². The Bertz CT molecular complexity index is 286. The van der Waals surface area contributed by atoms with Gasteiger partial charge in [0.15, 0.2) is 0 Å². The van der Waals surface area contributed by atoms with Crippen molar-refractivity contribution in [3.8, 4) is 0 Å². The second-order valence-electron chi connectivity index (χ2n) is 6.17. The Morgan fingerprint density at radius 2 is 1.72 bits per heavy atom. The molecule has 1 spiro atoms. The van der Waals surface area contributed by atoms with Gasteiger partial charge in [-0.3, -0.25) is 4.79 Å². The highest BCUT2D eigenvalue weighted by atomic mass is 127. The van der Waals surface area contributed by atoms with Crippen LogP contribution in [0.1, 0.15) is 46.5 Å². The fraction of sp³-hybridized carbons (Fsp3) is 0.929. The lowest BCUT2D eigenvalue weighted by atomic mass is 9.72. The molecule has 0 aliphatic carbocycles. The average molecular weight is 366 g/mol. The van der Waals surface area contributed by atoms with Crippen molar-refractivity contribution in [2.75, 3.05) is 26.2 Å². The number of hydrogen-bond acceptors (Lipinski definition) is 2. The van der Waals surface area contributed by atoms with E-state index in [4.69, 9.17) is 0 Å². The molecule has 0 saturated carbocycles. The van der Waals surface area contributed by atoms with E-state index in [0.717, 1.165) is 13.1 Å². The highest BCUT2D eigenvalue weighted by Gasteiger charge is 2.39. The van der Waals surface area contributed by atoms with Crippen molar-refractivity contribution >= 4 is 29.9 Å². The number of nitrogens with zero attached hydrogens (tertiary/aromatic N) is 2. The van der Waals surface area contributed by atoms with Crippen LogP contribution >= 0.6 is 24.0 Å². The first-order valence-electron chi connectivity index (χ1n) is 7.02. The zero-order valence-corrected chi connectivity index (χ0v) is 14.3. The maximum atomic E-state index is 11.5. The van der Waals surface area contributed by atoms with Crippen LogP contribution in [0.4, 0.5) is 0 Å². The molecule has 4 heteroatoms. The molecule has 0 radical (unpaired) electrons. The van der Waals surface area contributed by atoms with E-state index in [2.05, 4.69) is 23.6 Å². The Labute approximate surface area is 128 Å². The Morgan fingerprint density at radius 3 is 2.22 bits per heavy atom. The number of halogens is 1. The highest BCUT2D eigenvalue weighted by molar-refractivity contribution is 14.0. The van der Waals surface area contributed by atoms with Gasteiger partial charge in [-0.1, -0.05) is 0 Å². The minimum atomic E-state index is 0. The molecule has 0 aromatic carbocycles. The molecule has 0 atom stereocenters. The van der Waals surface area contributed by atoms with E-state index in [-0.39, 0.29) is 29.9 Å². The first-order chi connectivity index (χ1) is 8.02. The number of carbonyl (C=O) groups excluding carboxylic acids is 1. The van der Waals surface area contributed by atoms with E-state index in [1.807, 2.05) is 0 Å². The smallest absolute Gasteiger partial charge is 0.219 e. The Hall–Kier alpha value is 0.160. The third kappa shape index (κ3) is 3.59. The van der Waals surface area contributed by atoms with Crippen LogP contribution in [0, 0.1) is 5.41 Å². The van der Waals surface area contributed by atoms with Crippen molar-refractivity contribution in [3.63, 3.8) is 0 Å². The van der Waals surface area contributed by atoms with E-state index in [0.29, 0.717) is 11.5 Å². The summed E-state index contributed by atoms with van der Waals surface area (Å²) in [5.41, 5.74) is 0.440. The number of carbonyl (C=O) groups is 1. The normalized spacial score (nSPS) is 24.1. The predicted octanol–water partition coefficient (Wildman–Crippen LogP) is 2.74. The summed E-state index contributed by atoms with van der Waals surface area (Å²) in [4.78, 5) is 16.1. The SMILES string of the molecule is CC(=O)N1CCCC2(CCN(C(C)C)CC2)C1.I. The van der Waals surface area contributed by atoms with E-state index in [9.17, 15) is 4.79 Å². The quantitative estimate of drug-likeness (QED) is 0.667. The van der Waals surface area contributed by atoms with Gasteiger partial charge in [-0.05, 0) is 58.0 Å². The van der Waals surface area contributed by atoms with Crippen LogP contribution in [0.3, 0.4) is 0 Å². The summed E-state index contributed by atoms with van der Waals surface area (Å²) in [5.74, 6) is 0.260. The Balaban J connectivity index is 0.00000162. The average Bonchev–Trinajstić information content (AvgIpc) is 2.29. The van der Waals surface area contributed by atoms with E-state index < -0.39 is 0 Å². The molecule has 106 valence electrons. The molecule has 2 saturated heterocycles. The molecule has 0 bridgehead atoms. The zero-order chi connectivity index (χ0) is 12.5. The number of hydrogen-bond donors (Lipinski definition) is 0. The third-order valence-electron chi connectivity index (χ3n) is 4.70. The molecular formula is C14H27IN2O. The minimum Gasteiger partial charge on any atom is -0.342 e. The second-order valence-corrected chi connectivity index (χ2v) is 6.17. The van der Waals surface area contributed by atoms with E-state index in [1.165, 1.54) is 38.8 Å². The van der Waals surface area contributed by atoms with Crippen LogP contribution in [-0.2, 0) is 4.79 Å². The fourth-order valence-corrected chi connectivity index (χ4v) is 3.40. The maximum absolute atomic E-state index is 11.5. The van der Waals surface area contributed by atoms with Crippen LogP contribution in [-0.4, -0.2) is 47.9 Å². The summed E-state index contributed by atoms with van der Waals surface area (Å²) in [6.45, 7) is 10.7. The number of piperidine rings is 2. The van der Waals surface area contributed by atoms with Crippen molar-refractivity contribution in [1.82, 2.24) is 9.80 Å². The van der Waals surface area contributed by atoms with E-state index >= 15 is 0 Å². The number of rotatable bonds is 1. The van der Waals surface area contributed by atoms with Crippen LogP contribution in [0.5, 0.6) is 0 Å².